The van der Waals surface area contributed by atoms with Crippen molar-refractivity contribution >= 4 is 0 Å². The molecule has 4 rings (SSSR count). The first kappa shape index (κ1) is 15.0. The quantitative estimate of drug-likeness (QED) is 0.735. The van der Waals surface area contributed by atoms with E-state index in [1.807, 2.05) is 4.57 Å². The predicted octanol–water partition coefficient (Wildman–Crippen LogP) is 3.30. The van der Waals surface area contributed by atoms with Gasteiger partial charge in [-0.15, -0.1) is 0 Å². The zero-order chi connectivity index (χ0) is 16.5. The minimum absolute atomic E-state index is 0.126. The molecule has 0 saturated carbocycles. The lowest BCUT2D eigenvalue weighted by Crippen LogP contribution is -2.20. The van der Waals surface area contributed by atoms with E-state index in [1.54, 1.807) is 18.5 Å². The van der Waals surface area contributed by atoms with Gasteiger partial charge in [0, 0.05) is 6.42 Å². The van der Waals surface area contributed by atoms with Crippen molar-refractivity contribution in [1.82, 2.24) is 19.7 Å². The van der Waals surface area contributed by atoms with E-state index in [1.165, 1.54) is 12.1 Å². The summed E-state index contributed by atoms with van der Waals surface area (Å²) in [6.45, 7) is 3.07. The standard InChI is InChI=1S/C17H17FN4O2/c1-2-3-15-20-17(24-21-15)16-13-9-23-14(8-22(13)10-19-16)11-4-6-12(18)7-5-11/h4-7,10,14H,2-3,8-9H2,1H3. The Morgan fingerprint density at radius 3 is 2.92 bits per heavy atom. The molecule has 0 spiro atoms. The van der Waals surface area contributed by atoms with Crippen LogP contribution in [0.3, 0.4) is 0 Å². The molecule has 3 aromatic rings. The van der Waals surface area contributed by atoms with Gasteiger partial charge in [0.25, 0.3) is 5.89 Å². The summed E-state index contributed by atoms with van der Waals surface area (Å²) in [7, 11) is 0. The van der Waals surface area contributed by atoms with Gasteiger partial charge in [-0.25, -0.2) is 9.37 Å². The van der Waals surface area contributed by atoms with Crippen molar-refractivity contribution in [2.75, 3.05) is 0 Å². The fourth-order valence-electron chi connectivity index (χ4n) is 2.86. The maximum atomic E-state index is 13.1. The van der Waals surface area contributed by atoms with Gasteiger partial charge >= 0.3 is 0 Å². The van der Waals surface area contributed by atoms with Crippen LogP contribution in [0.4, 0.5) is 4.39 Å². The summed E-state index contributed by atoms with van der Waals surface area (Å²) in [4.78, 5) is 8.80. The lowest BCUT2D eigenvalue weighted by molar-refractivity contribution is 0.00327. The summed E-state index contributed by atoms with van der Waals surface area (Å²) < 4.78 is 26.3. The Morgan fingerprint density at radius 2 is 2.12 bits per heavy atom. The van der Waals surface area contributed by atoms with Crippen molar-refractivity contribution < 1.29 is 13.7 Å². The number of halogens is 1. The molecule has 124 valence electrons. The topological polar surface area (TPSA) is 66.0 Å². The second kappa shape index (κ2) is 6.16. The van der Waals surface area contributed by atoms with Gasteiger partial charge in [-0.1, -0.05) is 24.2 Å². The largest absolute Gasteiger partial charge is 0.365 e. The summed E-state index contributed by atoms with van der Waals surface area (Å²) in [5, 5.41) is 3.97. The van der Waals surface area contributed by atoms with Crippen molar-refractivity contribution in [3.63, 3.8) is 0 Å². The van der Waals surface area contributed by atoms with Crippen LogP contribution in [0, 0.1) is 5.82 Å². The van der Waals surface area contributed by atoms with Crippen LogP contribution in [0.15, 0.2) is 35.1 Å². The molecule has 0 bridgehead atoms. The molecule has 0 saturated heterocycles. The lowest BCUT2D eigenvalue weighted by Gasteiger charge is -2.25. The molecular weight excluding hydrogens is 311 g/mol. The number of fused-ring (bicyclic) bond motifs is 1. The molecule has 1 atom stereocenters. The Hall–Kier alpha value is -2.54. The van der Waals surface area contributed by atoms with Gasteiger partial charge in [0.2, 0.25) is 0 Å². The van der Waals surface area contributed by atoms with Crippen molar-refractivity contribution in [1.29, 1.82) is 0 Å². The Bertz CT molecular complexity index is 841. The molecule has 2 aromatic heterocycles. The molecule has 6 nitrogen and oxygen atoms in total. The lowest BCUT2D eigenvalue weighted by atomic mass is 10.1. The Kier molecular flexibility index (Phi) is 3.86. The molecule has 0 amide bonds. The summed E-state index contributed by atoms with van der Waals surface area (Å²) in [6, 6.07) is 6.39. The second-order valence-corrected chi connectivity index (χ2v) is 5.81. The fraction of sp³-hybridized carbons (Fsp3) is 0.353. The smallest absolute Gasteiger partial charge is 0.278 e. The van der Waals surface area contributed by atoms with E-state index in [-0.39, 0.29) is 11.9 Å². The number of aryl methyl sites for hydroxylation is 1. The van der Waals surface area contributed by atoms with Gasteiger partial charge in [0.15, 0.2) is 11.5 Å². The fourth-order valence-corrected chi connectivity index (χ4v) is 2.86. The van der Waals surface area contributed by atoms with E-state index in [0.29, 0.717) is 30.6 Å². The molecular formula is C17H17FN4O2. The first-order valence-electron chi connectivity index (χ1n) is 7.98. The summed E-state index contributed by atoms with van der Waals surface area (Å²) in [6.07, 6.45) is 3.37. The summed E-state index contributed by atoms with van der Waals surface area (Å²) in [5.41, 5.74) is 2.53. The van der Waals surface area contributed by atoms with Gasteiger partial charge < -0.3 is 13.8 Å². The van der Waals surface area contributed by atoms with Crippen LogP contribution in [-0.2, 0) is 24.3 Å². The number of hydrogen-bond acceptors (Lipinski definition) is 5. The number of ether oxygens (including phenoxy) is 1. The van der Waals surface area contributed by atoms with Gasteiger partial charge in [0.1, 0.15) is 11.9 Å². The molecule has 1 aliphatic rings. The van der Waals surface area contributed by atoms with Crippen LogP contribution in [0.5, 0.6) is 0 Å². The maximum Gasteiger partial charge on any atom is 0.278 e. The highest BCUT2D eigenvalue weighted by atomic mass is 19.1. The van der Waals surface area contributed by atoms with Crippen LogP contribution in [0.1, 0.15) is 36.5 Å². The van der Waals surface area contributed by atoms with Crippen LogP contribution >= 0.6 is 0 Å². The monoisotopic (exact) mass is 328 g/mol. The number of benzene rings is 1. The summed E-state index contributed by atoms with van der Waals surface area (Å²) in [5.74, 6) is 0.866. The van der Waals surface area contributed by atoms with Crippen molar-refractivity contribution in [3.05, 3.63) is 53.5 Å². The van der Waals surface area contributed by atoms with Gasteiger partial charge in [-0.2, -0.15) is 4.98 Å². The normalized spacial score (nSPS) is 17.0. The Morgan fingerprint density at radius 1 is 1.29 bits per heavy atom. The van der Waals surface area contributed by atoms with E-state index in [9.17, 15) is 4.39 Å². The minimum Gasteiger partial charge on any atom is -0.365 e. The van der Waals surface area contributed by atoms with Crippen LogP contribution < -0.4 is 0 Å². The third-order valence-electron chi connectivity index (χ3n) is 4.12. The van der Waals surface area contributed by atoms with Crippen molar-refractivity contribution in [2.45, 2.75) is 39.0 Å². The Labute approximate surface area is 138 Å². The highest BCUT2D eigenvalue weighted by molar-refractivity contribution is 5.51. The molecule has 0 radical (unpaired) electrons. The highest BCUT2D eigenvalue weighted by Crippen LogP contribution is 2.31. The molecule has 1 aliphatic heterocycles. The first-order chi connectivity index (χ1) is 11.7. The summed E-state index contributed by atoms with van der Waals surface area (Å²) >= 11 is 0. The molecule has 0 fully saturated rings. The van der Waals surface area contributed by atoms with E-state index < -0.39 is 0 Å². The average Bonchev–Trinajstić information content (AvgIpc) is 3.21. The molecule has 24 heavy (non-hydrogen) atoms. The van der Waals surface area contributed by atoms with Gasteiger partial charge in [-0.05, 0) is 24.1 Å². The number of imidazole rings is 1. The van der Waals surface area contributed by atoms with Crippen LogP contribution in [-0.4, -0.2) is 19.7 Å². The third kappa shape index (κ3) is 2.71. The molecule has 1 aromatic carbocycles. The van der Waals surface area contributed by atoms with E-state index in [0.717, 1.165) is 24.1 Å². The number of nitrogens with zero attached hydrogens (tertiary/aromatic N) is 4. The SMILES string of the molecule is CCCc1noc(-c2ncn3c2COC(c2ccc(F)cc2)C3)n1. The zero-order valence-corrected chi connectivity index (χ0v) is 13.3. The second-order valence-electron chi connectivity index (χ2n) is 5.81. The molecule has 7 heteroatoms. The van der Waals surface area contributed by atoms with Crippen LogP contribution in [0.2, 0.25) is 0 Å². The number of rotatable bonds is 4. The minimum atomic E-state index is -0.251. The number of hydrogen-bond donors (Lipinski definition) is 0. The zero-order valence-electron chi connectivity index (χ0n) is 13.3. The van der Waals surface area contributed by atoms with Crippen molar-refractivity contribution in [3.8, 4) is 11.6 Å². The third-order valence-corrected chi connectivity index (χ3v) is 4.12. The molecule has 3 heterocycles. The molecule has 0 N–H and O–H groups in total. The molecule has 0 aliphatic carbocycles. The average molecular weight is 328 g/mol. The van der Waals surface area contributed by atoms with Gasteiger partial charge in [0.05, 0.1) is 25.2 Å². The molecule has 1 unspecified atom stereocenters. The van der Waals surface area contributed by atoms with Crippen molar-refractivity contribution in [2.24, 2.45) is 0 Å². The van der Waals surface area contributed by atoms with E-state index in [4.69, 9.17) is 9.26 Å². The maximum absolute atomic E-state index is 13.1. The Balaban J connectivity index is 1.57. The predicted molar refractivity (Wildman–Crippen MR) is 83.4 cm³/mol. The first-order valence-corrected chi connectivity index (χ1v) is 7.98. The van der Waals surface area contributed by atoms with Gasteiger partial charge in [-0.3, -0.25) is 0 Å². The van der Waals surface area contributed by atoms with Crippen LogP contribution in [0.25, 0.3) is 11.6 Å². The highest BCUT2D eigenvalue weighted by Gasteiger charge is 2.26. The van der Waals surface area contributed by atoms with E-state index in [2.05, 4.69) is 22.0 Å². The number of aromatic nitrogens is 4. The van der Waals surface area contributed by atoms with E-state index >= 15 is 0 Å².